The molecule has 3 atom stereocenters. The van der Waals surface area contributed by atoms with E-state index in [-0.39, 0.29) is 23.9 Å². The Morgan fingerprint density at radius 3 is 2.67 bits per heavy atom. The number of benzene rings is 1. The molecular formula is C20H29NO3. The molecule has 0 radical (unpaired) electrons. The summed E-state index contributed by atoms with van der Waals surface area (Å²) in [5.41, 5.74) is 1.23. The summed E-state index contributed by atoms with van der Waals surface area (Å²) in [4.78, 5) is 14.5. The summed E-state index contributed by atoms with van der Waals surface area (Å²) in [5, 5.41) is 0. The Morgan fingerprint density at radius 2 is 1.96 bits per heavy atom. The van der Waals surface area contributed by atoms with Crippen LogP contribution in [-0.4, -0.2) is 42.3 Å². The van der Waals surface area contributed by atoms with Crippen LogP contribution in [0.25, 0.3) is 0 Å². The number of hydrogen-bond donors (Lipinski definition) is 0. The molecule has 2 fully saturated rings. The van der Waals surface area contributed by atoms with Crippen LogP contribution in [-0.2, 0) is 20.8 Å². The van der Waals surface area contributed by atoms with Gasteiger partial charge in [-0.05, 0) is 12.0 Å². The zero-order valence-electron chi connectivity index (χ0n) is 15.0. The van der Waals surface area contributed by atoms with Gasteiger partial charge in [-0.15, -0.1) is 0 Å². The second-order valence-corrected chi connectivity index (χ2v) is 8.05. The van der Waals surface area contributed by atoms with Gasteiger partial charge < -0.3 is 9.47 Å². The Hall–Kier alpha value is -1.23. The van der Waals surface area contributed by atoms with Gasteiger partial charge in [-0.1, -0.05) is 51.1 Å². The highest BCUT2D eigenvalue weighted by Crippen LogP contribution is 2.32. The van der Waals surface area contributed by atoms with E-state index in [2.05, 4.69) is 49.9 Å². The maximum Gasteiger partial charge on any atom is 0.162 e. The molecule has 0 unspecified atom stereocenters. The SMILES string of the molecule is CC(C)(C)[C@@H]1OCC[C@H]([C@@H]2CC(=O)CCN2Cc2ccccc2)O1. The van der Waals surface area contributed by atoms with E-state index in [4.69, 9.17) is 9.47 Å². The van der Waals surface area contributed by atoms with Crippen LogP contribution in [0.4, 0.5) is 0 Å². The Kier molecular flexibility index (Phi) is 5.38. The minimum absolute atomic E-state index is 0.0540. The van der Waals surface area contributed by atoms with Gasteiger partial charge in [-0.3, -0.25) is 9.69 Å². The molecule has 2 aliphatic rings. The molecule has 0 bridgehead atoms. The summed E-state index contributed by atoms with van der Waals surface area (Å²) in [6.45, 7) is 8.80. The predicted molar refractivity (Wildman–Crippen MR) is 93.6 cm³/mol. The summed E-state index contributed by atoms with van der Waals surface area (Å²) in [6.07, 6.45) is 1.96. The Balaban J connectivity index is 1.73. The zero-order valence-corrected chi connectivity index (χ0v) is 15.0. The van der Waals surface area contributed by atoms with Gasteiger partial charge >= 0.3 is 0 Å². The molecule has 1 aromatic rings. The summed E-state index contributed by atoms with van der Waals surface area (Å²) in [6, 6.07) is 10.6. The molecule has 1 aromatic carbocycles. The van der Waals surface area contributed by atoms with Crippen LogP contribution in [0.1, 0.15) is 45.6 Å². The third-order valence-electron chi connectivity index (χ3n) is 4.92. The van der Waals surface area contributed by atoms with Crippen molar-refractivity contribution in [2.24, 2.45) is 5.41 Å². The smallest absolute Gasteiger partial charge is 0.162 e. The second kappa shape index (κ2) is 7.34. The first-order chi connectivity index (χ1) is 11.4. The van der Waals surface area contributed by atoms with Crippen LogP contribution in [0.2, 0.25) is 0 Å². The number of piperidine rings is 1. The highest BCUT2D eigenvalue weighted by atomic mass is 16.7. The van der Waals surface area contributed by atoms with Gasteiger partial charge in [-0.2, -0.15) is 0 Å². The molecule has 0 aromatic heterocycles. The monoisotopic (exact) mass is 331 g/mol. The van der Waals surface area contributed by atoms with E-state index < -0.39 is 0 Å². The van der Waals surface area contributed by atoms with Crippen molar-refractivity contribution in [1.82, 2.24) is 4.90 Å². The van der Waals surface area contributed by atoms with Gasteiger partial charge in [0.15, 0.2) is 6.29 Å². The van der Waals surface area contributed by atoms with Crippen molar-refractivity contribution in [3.8, 4) is 0 Å². The molecule has 3 rings (SSSR count). The number of nitrogens with zero attached hydrogens (tertiary/aromatic N) is 1. The van der Waals surface area contributed by atoms with Crippen LogP contribution in [0.15, 0.2) is 30.3 Å². The third kappa shape index (κ3) is 4.24. The zero-order chi connectivity index (χ0) is 17.2. The van der Waals surface area contributed by atoms with Crippen LogP contribution in [0.3, 0.4) is 0 Å². The second-order valence-electron chi connectivity index (χ2n) is 8.05. The molecule has 0 N–H and O–H groups in total. The van der Waals surface area contributed by atoms with Crippen molar-refractivity contribution in [2.75, 3.05) is 13.2 Å². The number of hydrogen-bond acceptors (Lipinski definition) is 4. The first kappa shape index (κ1) is 17.6. The predicted octanol–water partition coefficient (Wildman–Crippen LogP) is 3.40. The number of carbonyl (C=O) groups is 1. The maximum absolute atomic E-state index is 12.1. The Morgan fingerprint density at radius 1 is 1.21 bits per heavy atom. The first-order valence-electron chi connectivity index (χ1n) is 9.00. The Labute approximate surface area is 145 Å². The lowest BCUT2D eigenvalue weighted by atomic mass is 9.91. The first-order valence-corrected chi connectivity index (χ1v) is 9.00. The molecule has 2 aliphatic heterocycles. The molecule has 4 nitrogen and oxygen atoms in total. The average molecular weight is 331 g/mol. The van der Waals surface area contributed by atoms with Crippen molar-refractivity contribution in [3.63, 3.8) is 0 Å². The maximum atomic E-state index is 12.1. The molecule has 0 spiro atoms. The van der Waals surface area contributed by atoms with Gasteiger partial charge in [0.25, 0.3) is 0 Å². The summed E-state index contributed by atoms with van der Waals surface area (Å²) in [5.74, 6) is 0.353. The number of ketones is 1. The molecule has 132 valence electrons. The van der Waals surface area contributed by atoms with Crippen LogP contribution >= 0.6 is 0 Å². The number of likely N-dealkylation sites (tertiary alicyclic amines) is 1. The number of rotatable bonds is 3. The topological polar surface area (TPSA) is 38.8 Å². The normalized spacial score (nSPS) is 29.6. The minimum Gasteiger partial charge on any atom is -0.352 e. The quantitative estimate of drug-likeness (QED) is 0.851. The van der Waals surface area contributed by atoms with Crippen LogP contribution in [0.5, 0.6) is 0 Å². The molecule has 0 saturated carbocycles. The van der Waals surface area contributed by atoms with Crippen molar-refractivity contribution < 1.29 is 14.3 Å². The van der Waals surface area contributed by atoms with E-state index in [1.165, 1.54) is 5.56 Å². The van der Waals surface area contributed by atoms with Gasteiger partial charge in [0.05, 0.1) is 12.7 Å². The third-order valence-corrected chi connectivity index (χ3v) is 4.92. The van der Waals surface area contributed by atoms with Crippen molar-refractivity contribution >= 4 is 5.78 Å². The van der Waals surface area contributed by atoms with E-state index in [1.807, 2.05) is 6.07 Å². The fraction of sp³-hybridized carbons (Fsp3) is 0.650. The molecule has 4 heteroatoms. The van der Waals surface area contributed by atoms with E-state index in [1.54, 1.807) is 0 Å². The van der Waals surface area contributed by atoms with Crippen molar-refractivity contribution in [3.05, 3.63) is 35.9 Å². The Bertz CT molecular complexity index is 552. The van der Waals surface area contributed by atoms with E-state index in [0.29, 0.717) is 25.2 Å². The summed E-state index contributed by atoms with van der Waals surface area (Å²) < 4.78 is 12.1. The van der Waals surface area contributed by atoms with Gasteiger partial charge in [-0.25, -0.2) is 0 Å². The standard InChI is InChI=1S/C20H29NO3/c1-20(2,3)19-23-12-10-18(24-19)17-13-16(22)9-11-21(17)14-15-7-5-4-6-8-15/h4-8,17-19H,9-14H2,1-3H3/t17-,18+,19+/m0/s1. The van der Waals surface area contributed by atoms with Gasteiger partial charge in [0.2, 0.25) is 0 Å². The van der Waals surface area contributed by atoms with E-state index in [0.717, 1.165) is 19.5 Å². The molecule has 0 aliphatic carbocycles. The van der Waals surface area contributed by atoms with Crippen LogP contribution < -0.4 is 0 Å². The molecular weight excluding hydrogens is 302 g/mol. The van der Waals surface area contributed by atoms with Gasteiger partial charge in [0, 0.05) is 37.4 Å². The lowest BCUT2D eigenvalue weighted by Crippen LogP contribution is -2.54. The lowest BCUT2D eigenvalue weighted by molar-refractivity contribution is -0.264. The number of carbonyl (C=O) groups excluding carboxylic acids is 1. The van der Waals surface area contributed by atoms with E-state index in [9.17, 15) is 4.79 Å². The van der Waals surface area contributed by atoms with Crippen molar-refractivity contribution in [2.45, 2.75) is 65.0 Å². The highest BCUT2D eigenvalue weighted by Gasteiger charge is 2.40. The minimum atomic E-state index is -0.202. The summed E-state index contributed by atoms with van der Waals surface area (Å²) >= 11 is 0. The highest BCUT2D eigenvalue weighted by molar-refractivity contribution is 5.80. The van der Waals surface area contributed by atoms with Gasteiger partial charge in [0.1, 0.15) is 5.78 Å². The lowest BCUT2D eigenvalue weighted by Gasteiger charge is -2.45. The average Bonchev–Trinajstić information content (AvgIpc) is 2.57. The van der Waals surface area contributed by atoms with E-state index >= 15 is 0 Å². The number of ether oxygens (including phenoxy) is 2. The number of Topliss-reactive ketones (excluding diaryl/α,β-unsaturated/α-hetero) is 1. The van der Waals surface area contributed by atoms with Crippen LogP contribution in [0, 0.1) is 5.41 Å². The molecule has 24 heavy (non-hydrogen) atoms. The summed E-state index contributed by atoms with van der Waals surface area (Å²) in [7, 11) is 0. The van der Waals surface area contributed by atoms with Crippen molar-refractivity contribution in [1.29, 1.82) is 0 Å². The molecule has 2 heterocycles. The molecule has 0 amide bonds. The largest absolute Gasteiger partial charge is 0.352 e. The molecule has 2 saturated heterocycles. The fourth-order valence-corrected chi connectivity index (χ4v) is 3.57. The fourth-order valence-electron chi connectivity index (χ4n) is 3.57.